The van der Waals surface area contributed by atoms with Crippen LogP contribution >= 0.6 is 0 Å². The van der Waals surface area contributed by atoms with Gasteiger partial charge in [-0.15, -0.1) is 0 Å². The van der Waals surface area contributed by atoms with E-state index in [-0.39, 0.29) is 33.5 Å². The topological polar surface area (TPSA) is 98.0 Å². The molecule has 0 amide bonds. The van der Waals surface area contributed by atoms with Crippen molar-refractivity contribution >= 4 is 5.97 Å². The average Bonchev–Trinajstić information content (AvgIpc) is 2.75. The fourth-order valence-electron chi connectivity index (χ4n) is 11.0. The van der Waals surface area contributed by atoms with E-state index < -0.39 is 29.2 Å². The lowest BCUT2D eigenvalue weighted by Gasteiger charge is -2.72. The van der Waals surface area contributed by atoms with Gasteiger partial charge in [-0.05, 0) is 97.7 Å². The van der Waals surface area contributed by atoms with Crippen molar-refractivity contribution in [1.29, 1.82) is 0 Å². The van der Waals surface area contributed by atoms with Gasteiger partial charge >= 0.3 is 5.97 Å². The Morgan fingerprint density at radius 3 is 2.23 bits per heavy atom. The molecule has 5 nitrogen and oxygen atoms in total. The largest absolute Gasteiger partial charge is 0.481 e. The highest BCUT2D eigenvalue weighted by Crippen LogP contribution is 2.76. The quantitative estimate of drug-likeness (QED) is 0.382. The van der Waals surface area contributed by atoms with Crippen LogP contribution in [-0.2, 0) is 4.79 Å². The maximum Gasteiger partial charge on any atom is 0.310 e. The molecule has 4 fully saturated rings. The van der Waals surface area contributed by atoms with E-state index in [2.05, 4.69) is 47.6 Å². The molecule has 5 heteroatoms. The number of hydrogen-bond acceptors (Lipinski definition) is 4. The maximum atomic E-state index is 12.8. The molecule has 0 bridgehead atoms. The van der Waals surface area contributed by atoms with Gasteiger partial charge in [0.2, 0.25) is 0 Å². The van der Waals surface area contributed by atoms with E-state index in [1.807, 2.05) is 6.92 Å². The Labute approximate surface area is 211 Å². The first-order chi connectivity index (χ1) is 16.0. The molecule has 0 aliphatic heterocycles. The summed E-state index contributed by atoms with van der Waals surface area (Å²) in [5.74, 6) is -0.394. The number of aliphatic hydroxyl groups is 3. The fourth-order valence-corrected chi connectivity index (χ4v) is 11.0. The minimum atomic E-state index is -1.05. The standard InChI is InChI=1S/C30H48O5/c1-17-10-13-30(24(33)34)15-14-27(5)18(22(30)29(17,7)35)8-9-21-26(4)16-19(31)23(32)25(2,3)20(26)11-12-28(21,27)6/h8,17,19-23,31-32,35H,9-16H2,1-7H3,(H,33,34)/t17?,19?,20-,21+,22+,23?,26-,27+,28+,29+,30-/m0/s1. The summed E-state index contributed by atoms with van der Waals surface area (Å²) in [6, 6.07) is 0. The Bertz CT molecular complexity index is 952. The van der Waals surface area contributed by atoms with Gasteiger partial charge in [-0.2, -0.15) is 0 Å². The number of carbonyl (C=O) groups is 1. The number of rotatable bonds is 1. The van der Waals surface area contributed by atoms with E-state index in [0.717, 1.165) is 32.1 Å². The first-order valence-corrected chi connectivity index (χ1v) is 14.0. The van der Waals surface area contributed by atoms with Crippen LogP contribution in [0.4, 0.5) is 0 Å². The maximum absolute atomic E-state index is 12.8. The zero-order chi connectivity index (χ0) is 26.0. The van der Waals surface area contributed by atoms with Crippen molar-refractivity contribution in [2.45, 2.75) is 118 Å². The van der Waals surface area contributed by atoms with Crippen LogP contribution in [0.25, 0.3) is 0 Å². The van der Waals surface area contributed by atoms with Crippen molar-refractivity contribution in [2.75, 3.05) is 0 Å². The second kappa shape index (κ2) is 7.35. The summed E-state index contributed by atoms with van der Waals surface area (Å²) in [4.78, 5) is 12.8. The second-order valence-electron chi connectivity index (χ2n) is 14.9. The molecule has 4 N–H and O–H groups in total. The third kappa shape index (κ3) is 2.90. The minimum Gasteiger partial charge on any atom is -0.481 e. The summed E-state index contributed by atoms with van der Waals surface area (Å²) >= 11 is 0. The van der Waals surface area contributed by atoms with Gasteiger partial charge in [0.1, 0.15) is 0 Å². The first kappa shape index (κ1) is 25.7. The number of carboxylic acids is 1. The van der Waals surface area contributed by atoms with Gasteiger partial charge < -0.3 is 20.4 Å². The van der Waals surface area contributed by atoms with Crippen molar-refractivity contribution in [3.05, 3.63) is 11.6 Å². The zero-order valence-electron chi connectivity index (χ0n) is 22.9. The van der Waals surface area contributed by atoms with Crippen molar-refractivity contribution in [3.8, 4) is 0 Å². The summed E-state index contributed by atoms with van der Waals surface area (Å²) in [7, 11) is 0. The minimum absolute atomic E-state index is 0.0535. The second-order valence-corrected chi connectivity index (χ2v) is 14.9. The number of fused-ring (bicyclic) bond motifs is 7. The fraction of sp³-hybridized carbons (Fsp3) is 0.900. The monoisotopic (exact) mass is 488 g/mol. The predicted octanol–water partition coefficient (Wildman–Crippen LogP) is 5.18. The highest BCUT2D eigenvalue weighted by atomic mass is 16.4. The average molecular weight is 489 g/mol. The van der Waals surface area contributed by atoms with E-state index in [1.54, 1.807) is 0 Å². The summed E-state index contributed by atoms with van der Waals surface area (Å²) < 4.78 is 0. The predicted molar refractivity (Wildman–Crippen MR) is 135 cm³/mol. The van der Waals surface area contributed by atoms with E-state index in [9.17, 15) is 25.2 Å². The summed E-state index contributed by atoms with van der Waals surface area (Å²) in [5, 5.41) is 44.3. The molecule has 35 heavy (non-hydrogen) atoms. The third-order valence-electron chi connectivity index (χ3n) is 13.4. The van der Waals surface area contributed by atoms with Gasteiger partial charge in [-0.25, -0.2) is 0 Å². The highest BCUT2D eigenvalue weighted by molar-refractivity contribution is 5.77. The lowest BCUT2D eigenvalue weighted by atomic mass is 9.33. The number of carboxylic acid groups (broad SMARTS) is 1. The van der Waals surface area contributed by atoms with Crippen molar-refractivity contribution in [2.24, 2.45) is 50.7 Å². The SMILES string of the molecule is CC1CC[C@]2(C(=O)O)CC[C@]3(C)C(=CC[C@@H]4[C@@]5(C)CC(O)C(O)C(C)(C)[C@@H]5CC[C@]43C)[C@@H]2[C@]1(C)O. The lowest BCUT2D eigenvalue weighted by Crippen LogP contribution is -2.68. The zero-order valence-corrected chi connectivity index (χ0v) is 22.9. The van der Waals surface area contributed by atoms with Crippen LogP contribution in [0.1, 0.15) is 99.8 Å². The van der Waals surface area contributed by atoms with Gasteiger partial charge in [0.25, 0.3) is 0 Å². The number of aliphatic hydroxyl groups excluding tert-OH is 2. The molecular weight excluding hydrogens is 440 g/mol. The van der Waals surface area contributed by atoms with Crippen LogP contribution in [0, 0.1) is 50.7 Å². The summed E-state index contributed by atoms with van der Waals surface area (Å²) in [6.07, 6.45) is 7.21. The summed E-state index contributed by atoms with van der Waals surface area (Å²) in [5.41, 5.74) is -1.46. The molecule has 5 aliphatic carbocycles. The van der Waals surface area contributed by atoms with Crippen molar-refractivity contribution in [1.82, 2.24) is 0 Å². The molecule has 4 saturated carbocycles. The Hall–Kier alpha value is -0.910. The van der Waals surface area contributed by atoms with Gasteiger partial charge in [-0.3, -0.25) is 4.79 Å². The number of hydrogen-bond donors (Lipinski definition) is 4. The molecule has 0 aromatic rings. The van der Waals surface area contributed by atoms with Crippen LogP contribution in [0.15, 0.2) is 11.6 Å². The first-order valence-electron chi connectivity index (χ1n) is 14.0. The summed E-state index contributed by atoms with van der Waals surface area (Å²) in [6.45, 7) is 15.3. The lowest BCUT2D eigenvalue weighted by molar-refractivity contribution is -0.237. The molecule has 0 radical (unpaired) electrons. The Balaban J connectivity index is 1.65. The van der Waals surface area contributed by atoms with Crippen LogP contribution in [0.3, 0.4) is 0 Å². The Morgan fingerprint density at radius 1 is 0.943 bits per heavy atom. The van der Waals surface area contributed by atoms with Crippen molar-refractivity contribution in [3.63, 3.8) is 0 Å². The van der Waals surface area contributed by atoms with Gasteiger partial charge in [0, 0.05) is 5.92 Å². The molecule has 0 aromatic heterocycles. The van der Waals surface area contributed by atoms with E-state index in [1.165, 1.54) is 5.57 Å². The van der Waals surface area contributed by atoms with Gasteiger partial charge in [0.15, 0.2) is 0 Å². The molecular formula is C30H48O5. The van der Waals surface area contributed by atoms with Crippen LogP contribution in [0.5, 0.6) is 0 Å². The molecule has 5 rings (SSSR count). The molecule has 198 valence electrons. The van der Waals surface area contributed by atoms with E-state index in [4.69, 9.17) is 0 Å². The molecule has 0 aromatic carbocycles. The van der Waals surface area contributed by atoms with Crippen molar-refractivity contribution < 1.29 is 25.2 Å². The normalized spacial score (nSPS) is 57.1. The molecule has 5 aliphatic rings. The Morgan fingerprint density at radius 2 is 1.60 bits per heavy atom. The molecule has 0 heterocycles. The van der Waals surface area contributed by atoms with Gasteiger partial charge in [0.05, 0.1) is 23.2 Å². The number of aliphatic carboxylic acids is 1. The number of allylic oxidation sites excluding steroid dienone is 1. The van der Waals surface area contributed by atoms with E-state index >= 15 is 0 Å². The van der Waals surface area contributed by atoms with E-state index in [0.29, 0.717) is 31.1 Å². The third-order valence-corrected chi connectivity index (χ3v) is 13.4. The Kier molecular flexibility index (Phi) is 5.40. The van der Waals surface area contributed by atoms with Crippen LogP contribution < -0.4 is 0 Å². The molecule has 0 saturated heterocycles. The van der Waals surface area contributed by atoms with Crippen LogP contribution in [-0.4, -0.2) is 44.2 Å². The molecule has 3 unspecified atom stereocenters. The molecule has 11 atom stereocenters. The van der Waals surface area contributed by atoms with Crippen LogP contribution in [0.2, 0.25) is 0 Å². The van der Waals surface area contributed by atoms with Gasteiger partial charge in [-0.1, -0.05) is 53.2 Å². The highest BCUT2D eigenvalue weighted by Gasteiger charge is 2.71. The smallest absolute Gasteiger partial charge is 0.310 e. The molecule has 0 spiro atoms.